The standard InChI is InChI=1S/C13H15N5O/c1-9-11(6-10(14)7-16-9)13(19)18-5-4-17-3-2-15-12(17)8-18/h2-3,6-7H,4-5,8,14H2,1H3. The van der Waals surface area contributed by atoms with Gasteiger partial charge in [-0.3, -0.25) is 9.78 Å². The van der Waals surface area contributed by atoms with Crippen LogP contribution in [-0.2, 0) is 13.1 Å². The van der Waals surface area contributed by atoms with Gasteiger partial charge in [0.1, 0.15) is 5.82 Å². The van der Waals surface area contributed by atoms with Crippen LogP contribution in [-0.4, -0.2) is 31.9 Å². The highest BCUT2D eigenvalue weighted by Gasteiger charge is 2.23. The molecule has 0 saturated heterocycles. The second kappa shape index (κ2) is 4.38. The number of hydrogen-bond acceptors (Lipinski definition) is 4. The first kappa shape index (κ1) is 11.7. The largest absolute Gasteiger partial charge is 0.397 e. The molecule has 0 saturated carbocycles. The molecule has 0 aromatic carbocycles. The molecule has 6 heteroatoms. The van der Waals surface area contributed by atoms with Crippen molar-refractivity contribution in [3.05, 3.63) is 41.7 Å². The van der Waals surface area contributed by atoms with Crippen LogP contribution in [0.4, 0.5) is 5.69 Å². The summed E-state index contributed by atoms with van der Waals surface area (Å²) >= 11 is 0. The van der Waals surface area contributed by atoms with Crippen LogP contribution in [0.5, 0.6) is 0 Å². The molecule has 0 unspecified atom stereocenters. The zero-order valence-corrected chi connectivity index (χ0v) is 10.7. The predicted octanol–water partition coefficient (Wildman–Crippen LogP) is 0.825. The fourth-order valence-corrected chi connectivity index (χ4v) is 2.28. The van der Waals surface area contributed by atoms with E-state index in [9.17, 15) is 4.79 Å². The molecule has 19 heavy (non-hydrogen) atoms. The quantitative estimate of drug-likeness (QED) is 0.820. The highest BCUT2D eigenvalue weighted by Crippen LogP contribution is 2.17. The van der Waals surface area contributed by atoms with Gasteiger partial charge in [0.2, 0.25) is 0 Å². The average molecular weight is 257 g/mol. The molecule has 1 aliphatic heterocycles. The fraction of sp³-hybridized carbons (Fsp3) is 0.308. The van der Waals surface area contributed by atoms with Crippen LogP contribution in [0.25, 0.3) is 0 Å². The van der Waals surface area contributed by atoms with Crippen LogP contribution >= 0.6 is 0 Å². The number of nitrogens with two attached hydrogens (primary N) is 1. The summed E-state index contributed by atoms with van der Waals surface area (Å²) in [6, 6.07) is 1.69. The second-order valence-electron chi connectivity index (χ2n) is 4.67. The maximum Gasteiger partial charge on any atom is 0.256 e. The Bertz CT molecular complexity index is 634. The van der Waals surface area contributed by atoms with E-state index in [1.807, 2.05) is 13.1 Å². The van der Waals surface area contributed by atoms with Crippen LogP contribution in [0, 0.1) is 6.92 Å². The minimum Gasteiger partial charge on any atom is -0.397 e. The summed E-state index contributed by atoms with van der Waals surface area (Å²) < 4.78 is 2.06. The summed E-state index contributed by atoms with van der Waals surface area (Å²) in [4.78, 5) is 22.7. The van der Waals surface area contributed by atoms with Gasteiger partial charge in [-0.25, -0.2) is 4.98 Å². The molecule has 1 aliphatic rings. The molecule has 2 N–H and O–H groups in total. The number of anilines is 1. The van der Waals surface area contributed by atoms with Gasteiger partial charge < -0.3 is 15.2 Å². The molecule has 0 bridgehead atoms. The average Bonchev–Trinajstić information content (AvgIpc) is 2.88. The van der Waals surface area contributed by atoms with Crippen molar-refractivity contribution in [2.24, 2.45) is 0 Å². The van der Waals surface area contributed by atoms with Crippen LogP contribution in [0.15, 0.2) is 24.7 Å². The van der Waals surface area contributed by atoms with Gasteiger partial charge in [-0.2, -0.15) is 0 Å². The fourth-order valence-electron chi connectivity index (χ4n) is 2.28. The molecule has 0 atom stereocenters. The number of amides is 1. The van der Waals surface area contributed by atoms with Gasteiger partial charge >= 0.3 is 0 Å². The number of nitrogens with zero attached hydrogens (tertiary/aromatic N) is 4. The SMILES string of the molecule is Cc1ncc(N)cc1C(=O)N1CCn2ccnc2C1. The number of carbonyl (C=O) groups is 1. The number of aryl methyl sites for hydroxylation is 1. The maximum absolute atomic E-state index is 12.5. The molecule has 3 heterocycles. The van der Waals surface area contributed by atoms with E-state index >= 15 is 0 Å². The van der Waals surface area contributed by atoms with Crippen LogP contribution in [0.2, 0.25) is 0 Å². The molecule has 2 aromatic rings. The Balaban J connectivity index is 1.87. The number of carbonyl (C=O) groups excluding carboxylic acids is 1. The third-order valence-electron chi connectivity index (χ3n) is 3.37. The molecule has 98 valence electrons. The molecule has 0 aliphatic carbocycles. The lowest BCUT2D eigenvalue weighted by molar-refractivity contribution is 0.0706. The van der Waals surface area contributed by atoms with Crippen LogP contribution in [0.1, 0.15) is 21.9 Å². The minimum atomic E-state index is -0.0356. The smallest absolute Gasteiger partial charge is 0.256 e. The van der Waals surface area contributed by atoms with Gasteiger partial charge in [0, 0.05) is 25.5 Å². The molecule has 1 amide bonds. The first-order chi connectivity index (χ1) is 9.15. The van der Waals surface area contributed by atoms with E-state index in [2.05, 4.69) is 14.5 Å². The van der Waals surface area contributed by atoms with Crippen molar-refractivity contribution in [3.8, 4) is 0 Å². The van der Waals surface area contributed by atoms with Crippen LogP contribution in [0.3, 0.4) is 0 Å². The van der Waals surface area contributed by atoms with Gasteiger partial charge in [0.25, 0.3) is 5.91 Å². The van der Waals surface area contributed by atoms with Gasteiger partial charge in [0.05, 0.1) is 29.7 Å². The van der Waals surface area contributed by atoms with Crippen molar-refractivity contribution in [3.63, 3.8) is 0 Å². The molecular formula is C13H15N5O. The van der Waals surface area contributed by atoms with Crippen molar-refractivity contribution in [2.75, 3.05) is 12.3 Å². The summed E-state index contributed by atoms with van der Waals surface area (Å²) in [6.07, 6.45) is 5.26. The summed E-state index contributed by atoms with van der Waals surface area (Å²) in [6.45, 7) is 3.80. The predicted molar refractivity (Wildman–Crippen MR) is 70.4 cm³/mol. The van der Waals surface area contributed by atoms with E-state index in [-0.39, 0.29) is 5.91 Å². The Labute approximate surface area is 110 Å². The molecule has 0 radical (unpaired) electrons. The maximum atomic E-state index is 12.5. The lowest BCUT2D eigenvalue weighted by atomic mass is 10.1. The summed E-state index contributed by atoms with van der Waals surface area (Å²) in [5.74, 6) is 0.876. The first-order valence-electron chi connectivity index (χ1n) is 6.16. The number of aromatic nitrogens is 3. The lowest BCUT2D eigenvalue weighted by Gasteiger charge is -2.28. The van der Waals surface area contributed by atoms with Crippen molar-refractivity contribution in [1.82, 2.24) is 19.4 Å². The van der Waals surface area contributed by atoms with Crippen molar-refractivity contribution in [2.45, 2.75) is 20.0 Å². The number of fused-ring (bicyclic) bond motifs is 1. The molecule has 0 spiro atoms. The minimum absolute atomic E-state index is 0.0356. The Kier molecular flexibility index (Phi) is 2.70. The molecule has 0 fully saturated rings. The van der Waals surface area contributed by atoms with E-state index in [4.69, 9.17) is 5.73 Å². The van der Waals surface area contributed by atoms with Crippen molar-refractivity contribution < 1.29 is 4.79 Å². The van der Waals surface area contributed by atoms with Gasteiger partial charge in [-0.1, -0.05) is 0 Å². The Morgan fingerprint density at radius 3 is 3.05 bits per heavy atom. The summed E-state index contributed by atoms with van der Waals surface area (Å²) in [7, 11) is 0. The third-order valence-corrected chi connectivity index (χ3v) is 3.37. The number of hydrogen-bond donors (Lipinski definition) is 1. The van der Waals surface area contributed by atoms with Crippen molar-refractivity contribution in [1.29, 1.82) is 0 Å². The van der Waals surface area contributed by atoms with Gasteiger partial charge in [-0.05, 0) is 13.0 Å². The Hall–Kier alpha value is -2.37. The van der Waals surface area contributed by atoms with E-state index in [0.29, 0.717) is 30.0 Å². The van der Waals surface area contributed by atoms with E-state index in [1.165, 1.54) is 0 Å². The number of pyridine rings is 1. The molecule has 3 rings (SSSR count). The third kappa shape index (κ3) is 2.05. The van der Waals surface area contributed by atoms with E-state index < -0.39 is 0 Å². The van der Waals surface area contributed by atoms with Crippen LogP contribution < -0.4 is 5.73 Å². The van der Waals surface area contributed by atoms with E-state index in [1.54, 1.807) is 23.4 Å². The number of nitrogen functional groups attached to an aromatic ring is 1. The highest BCUT2D eigenvalue weighted by molar-refractivity contribution is 5.96. The van der Waals surface area contributed by atoms with Crippen molar-refractivity contribution >= 4 is 11.6 Å². The second-order valence-corrected chi connectivity index (χ2v) is 4.67. The van der Waals surface area contributed by atoms with Gasteiger partial charge in [-0.15, -0.1) is 0 Å². The molecule has 6 nitrogen and oxygen atoms in total. The normalized spacial score (nSPS) is 14.3. The highest BCUT2D eigenvalue weighted by atomic mass is 16.2. The Morgan fingerprint density at radius 2 is 2.21 bits per heavy atom. The monoisotopic (exact) mass is 257 g/mol. The number of imidazole rings is 1. The molecule has 2 aromatic heterocycles. The Morgan fingerprint density at radius 1 is 1.37 bits per heavy atom. The first-order valence-corrected chi connectivity index (χ1v) is 6.16. The zero-order chi connectivity index (χ0) is 13.4. The topological polar surface area (TPSA) is 77.0 Å². The summed E-state index contributed by atoms with van der Waals surface area (Å²) in [5, 5.41) is 0. The summed E-state index contributed by atoms with van der Waals surface area (Å²) in [5.41, 5.74) is 7.48. The van der Waals surface area contributed by atoms with E-state index in [0.717, 1.165) is 12.4 Å². The lowest BCUT2D eigenvalue weighted by Crippen LogP contribution is -2.38. The number of rotatable bonds is 1. The molecular weight excluding hydrogens is 242 g/mol. The zero-order valence-electron chi connectivity index (χ0n) is 10.7. The van der Waals surface area contributed by atoms with Gasteiger partial charge in [0.15, 0.2) is 0 Å².